The highest BCUT2D eigenvalue weighted by Crippen LogP contribution is 2.42. The fourth-order valence-corrected chi connectivity index (χ4v) is 5.55. The highest BCUT2D eigenvalue weighted by atomic mass is 32.1. The van der Waals surface area contributed by atoms with Gasteiger partial charge in [-0.2, -0.15) is 0 Å². The van der Waals surface area contributed by atoms with Gasteiger partial charge in [-0.1, -0.05) is 12.1 Å². The minimum Gasteiger partial charge on any atom is -0.508 e. The molecule has 1 aromatic heterocycles. The summed E-state index contributed by atoms with van der Waals surface area (Å²) in [7, 11) is 0. The molecule has 1 aliphatic heterocycles. The lowest BCUT2D eigenvalue weighted by Gasteiger charge is -2.26. The molecule has 1 aromatic carbocycles. The maximum absolute atomic E-state index is 13.3. The van der Waals surface area contributed by atoms with Crippen LogP contribution in [-0.4, -0.2) is 65.2 Å². The number of aromatic hydroxyl groups is 1. The summed E-state index contributed by atoms with van der Waals surface area (Å²) in [6.45, 7) is 11.6. The molecule has 2 aromatic rings. The summed E-state index contributed by atoms with van der Waals surface area (Å²) in [6.07, 6.45) is -0.161. The Hall–Kier alpha value is -3.97. The highest BCUT2D eigenvalue weighted by Gasteiger charge is 2.35. The van der Waals surface area contributed by atoms with E-state index >= 15 is 0 Å². The van der Waals surface area contributed by atoms with Crippen molar-refractivity contribution in [3.05, 3.63) is 45.8 Å². The number of phenols is 1. The Morgan fingerprint density at radius 1 is 1.02 bits per heavy atom. The second-order valence-corrected chi connectivity index (χ2v) is 13.1. The first kappa shape index (κ1) is 33.5. The number of nitrogens with one attached hydrogen (secondary N) is 3. The second-order valence-electron chi connectivity index (χ2n) is 12.1. The van der Waals surface area contributed by atoms with Gasteiger partial charge in [0, 0.05) is 24.8 Å². The van der Waals surface area contributed by atoms with Crippen LogP contribution in [0.25, 0.3) is 0 Å². The van der Waals surface area contributed by atoms with Crippen LogP contribution in [0.15, 0.2) is 24.3 Å². The third kappa shape index (κ3) is 9.79. The van der Waals surface area contributed by atoms with Crippen molar-refractivity contribution >= 4 is 46.0 Å². The minimum atomic E-state index is -1.10. The Morgan fingerprint density at radius 2 is 1.65 bits per heavy atom. The molecule has 234 valence electrons. The van der Waals surface area contributed by atoms with Crippen LogP contribution in [0.1, 0.15) is 80.9 Å². The number of benzene rings is 1. The van der Waals surface area contributed by atoms with Crippen LogP contribution in [0.5, 0.6) is 5.75 Å². The number of amides is 3. The van der Waals surface area contributed by atoms with E-state index in [2.05, 4.69) is 16.0 Å². The van der Waals surface area contributed by atoms with Crippen LogP contribution in [0, 0.1) is 0 Å². The summed E-state index contributed by atoms with van der Waals surface area (Å²) < 4.78 is 16.7. The largest absolute Gasteiger partial charge is 0.508 e. The summed E-state index contributed by atoms with van der Waals surface area (Å²) >= 11 is 1.05. The first-order chi connectivity index (χ1) is 19.9. The number of hydrogen-bond acceptors (Lipinski definition) is 10. The number of anilines is 1. The average molecular weight is 618 g/mol. The highest BCUT2D eigenvalue weighted by molar-refractivity contribution is 7.17. The molecular weight excluding hydrogens is 578 g/mol. The van der Waals surface area contributed by atoms with Crippen LogP contribution >= 0.6 is 11.3 Å². The van der Waals surface area contributed by atoms with E-state index in [1.54, 1.807) is 53.7 Å². The summed E-state index contributed by atoms with van der Waals surface area (Å²) in [4.78, 5) is 64.0. The summed E-state index contributed by atoms with van der Waals surface area (Å²) in [6, 6.07) is 5.41. The van der Waals surface area contributed by atoms with Crippen molar-refractivity contribution in [1.82, 2.24) is 10.6 Å². The van der Waals surface area contributed by atoms with E-state index in [0.717, 1.165) is 16.9 Å². The zero-order valence-electron chi connectivity index (χ0n) is 25.4. The number of ether oxygens (including phenoxy) is 3. The number of esters is 2. The van der Waals surface area contributed by atoms with Crippen LogP contribution < -0.4 is 16.0 Å². The zero-order valence-corrected chi connectivity index (χ0v) is 26.2. The standard InChI is InChI=1S/C30H39N3O9S/c1-16(34)32-20(14-17-8-10-18(35)11-9-17)24(36)31-15-21-23-19(12-13-40-21)22(27(38)41-29(2,3)4)26(43-23)33-25(37)28(39)42-30(5,6)7/h8-11,20-21,35H,12-15H2,1-7H3,(H,31,36)(H,32,34)(H,33,37). The Morgan fingerprint density at radius 3 is 2.23 bits per heavy atom. The molecule has 0 radical (unpaired) electrons. The van der Waals surface area contributed by atoms with E-state index in [4.69, 9.17) is 14.2 Å². The molecule has 12 nitrogen and oxygen atoms in total. The fraction of sp³-hybridized carbons (Fsp3) is 0.500. The van der Waals surface area contributed by atoms with Gasteiger partial charge in [0.2, 0.25) is 11.8 Å². The first-order valence-corrected chi connectivity index (χ1v) is 14.6. The Kier molecular flexibility index (Phi) is 10.6. The van der Waals surface area contributed by atoms with Crippen LogP contribution in [0.3, 0.4) is 0 Å². The summed E-state index contributed by atoms with van der Waals surface area (Å²) in [5.74, 6) is -3.59. The fourth-order valence-electron chi connectivity index (χ4n) is 4.27. The van der Waals surface area contributed by atoms with Gasteiger partial charge in [0.15, 0.2) is 0 Å². The van der Waals surface area contributed by atoms with Crippen molar-refractivity contribution in [2.24, 2.45) is 0 Å². The van der Waals surface area contributed by atoms with Gasteiger partial charge in [-0.25, -0.2) is 9.59 Å². The summed E-state index contributed by atoms with van der Waals surface area (Å²) in [5, 5.41) is 17.6. The molecule has 2 unspecified atom stereocenters. The van der Waals surface area contributed by atoms with Crippen molar-refractivity contribution < 1.29 is 43.3 Å². The number of rotatable bonds is 8. The van der Waals surface area contributed by atoms with Gasteiger partial charge in [-0.15, -0.1) is 11.3 Å². The van der Waals surface area contributed by atoms with Gasteiger partial charge in [-0.05, 0) is 71.2 Å². The van der Waals surface area contributed by atoms with Gasteiger partial charge < -0.3 is 35.3 Å². The molecule has 1 aliphatic rings. The van der Waals surface area contributed by atoms with Gasteiger partial charge >= 0.3 is 17.8 Å². The second kappa shape index (κ2) is 13.6. The predicted octanol–water partition coefficient (Wildman–Crippen LogP) is 3.17. The lowest BCUT2D eigenvalue weighted by atomic mass is 10.0. The number of phenolic OH excluding ortho intramolecular Hbond substituents is 1. The molecule has 2 heterocycles. The molecule has 0 spiro atoms. The number of thiophene rings is 1. The molecule has 13 heteroatoms. The normalized spacial score (nSPS) is 15.5. The zero-order chi connectivity index (χ0) is 32.1. The lowest BCUT2D eigenvalue weighted by Crippen LogP contribution is -2.48. The molecule has 2 atom stereocenters. The number of carbonyl (C=O) groups is 5. The van der Waals surface area contributed by atoms with Crippen LogP contribution in [0.2, 0.25) is 0 Å². The average Bonchev–Trinajstić information content (AvgIpc) is 3.24. The predicted molar refractivity (Wildman–Crippen MR) is 159 cm³/mol. The van der Waals surface area contributed by atoms with Crippen molar-refractivity contribution in [1.29, 1.82) is 0 Å². The van der Waals surface area contributed by atoms with Crippen molar-refractivity contribution in [3.63, 3.8) is 0 Å². The quantitative estimate of drug-likeness (QED) is 0.257. The molecule has 0 saturated heterocycles. The smallest absolute Gasteiger partial charge is 0.397 e. The molecule has 0 aliphatic carbocycles. The van der Waals surface area contributed by atoms with Crippen LogP contribution in [-0.2, 0) is 46.2 Å². The monoisotopic (exact) mass is 617 g/mol. The molecule has 3 rings (SSSR count). The van der Waals surface area contributed by atoms with Gasteiger partial charge in [0.05, 0.1) is 12.2 Å². The topological polar surface area (TPSA) is 169 Å². The van der Waals surface area contributed by atoms with E-state index in [0.29, 0.717) is 16.9 Å². The Bertz CT molecular complexity index is 1370. The van der Waals surface area contributed by atoms with Gasteiger partial charge in [-0.3, -0.25) is 14.4 Å². The maximum atomic E-state index is 13.3. The maximum Gasteiger partial charge on any atom is 0.397 e. The Balaban J connectivity index is 1.85. The van der Waals surface area contributed by atoms with Crippen molar-refractivity contribution in [3.8, 4) is 5.75 Å². The van der Waals surface area contributed by atoms with Crippen molar-refractivity contribution in [2.75, 3.05) is 18.5 Å². The third-order valence-electron chi connectivity index (χ3n) is 5.95. The molecule has 3 amide bonds. The van der Waals surface area contributed by atoms with Crippen LogP contribution in [0.4, 0.5) is 5.00 Å². The van der Waals surface area contributed by atoms with E-state index in [1.807, 2.05) is 0 Å². The van der Waals surface area contributed by atoms with E-state index in [1.165, 1.54) is 19.1 Å². The van der Waals surface area contributed by atoms with Gasteiger partial charge in [0.1, 0.15) is 34.1 Å². The third-order valence-corrected chi connectivity index (χ3v) is 7.19. The molecule has 4 N–H and O–H groups in total. The lowest BCUT2D eigenvalue weighted by molar-refractivity contribution is -0.161. The molecular formula is C30H39N3O9S. The number of hydrogen-bond donors (Lipinski definition) is 4. The van der Waals surface area contributed by atoms with E-state index < -0.39 is 47.1 Å². The molecule has 43 heavy (non-hydrogen) atoms. The first-order valence-electron chi connectivity index (χ1n) is 13.8. The van der Waals surface area contributed by atoms with Gasteiger partial charge in [0.25, 0.3) is 0 Å². The van der Waals surface area contributed by atoms with E-state index in [-0.39, 0.29) is 41.8 Å². The molecule has 0 saturated carbocycles. The minimum absolute atomic E-state index is 0.00518. The number of carbonyl (C=O) groups excluding carboxylic acids is 5. The van der Waals surface area contributed by atoms with E-state index in [9.17, 15) is 29.1 Å². The number of fused-ring (bicyclic) bond motifs is 1. The molecule has 0 fully saturated rings. The SMILES string of the molecule is CC(=O)NC(Cc1ccc(O)cc1)C(=O)NCC1OCCc2c1sc(NC(=O)C(=O)OC(C)(C)C)c2C(=O)OC(C)(C)C. The Labute approximate surface area is 254 Å². The summed E-state index contributed by atoms with van der Waals surface area (Å²) in [5.41, 5.74) is -0.283. The van der Waals surface area contributed by atoms with Crippen molar-refractivity contribution in [2.45, 2.75) is 84.7 Å². The molecule has 0 bridgehead atoms.